The average Bonchev–Trinajstić information content (AvgIpc) is 3.16. The number of primary amides is 1. The Hall–Kier alpha value is -2.31. The first-order chi connectivity index (χ1) is 10.2. The van der Waals surface area contributed by atoms with Crippen LogP contribution in [-0.2, 0) is 23.4 Å². The molecule has 1 aromatic carbocycles. The normalized spacial score (nSPS) is 16.5. The Morgan fingerprint density at radius 2 is 1.86 bits per heavy atom. The van der Waals surface area contributed by atoms with E-state index in [1.54, 1.807) is 24.3 Å². The largest absolute Gasteiger partial charge is 0.433 e. The van der Waals surface area contributed by atoms with Gasteiger partial charge in [-0.1, -0.05) is 24.3 Å². The molecule has 1 aliphatic carbocycles. The van der Waals surface area contributed by atoms with Crippen molar-refractivity contribution < 1.29 is 18.0 Å². The third kappa shape index (κ3) is 2.26. The van der Waals surface area contributed by atoms with Crippen molar-refractivity contribution in [2.75, 3.05) is 0 Å². The molecule has 7 heteroatoms. The maximum Gasteiger partial charge on any atom is 0.433 e. The molecular weight excluding hydrogens is 295 g/mol. The maximum atomic E-state index is 12.8. The van der Waals surface area contributed by atoms with Crippen molar-refractivity contribution in [2.45, 2.75) is 24.4 Å². The van der Waals surface area contributed by atoms with Crippen molar-refractivity contribution >= 4 is 5.91 Å². The number of halogens is 3. The molecule has 4 nitrogen and oxygen atoms in total. The van der Waals surface area contributed by atoms with Crippen LogP contribution < -0.4 is 5.73 Å². The number of alkyl halides is 3. The van der Waals surface area contributed by atoms with Crippen molar-refractivity contribution in [1.29, 1.82) is 0 Å². The summed E-state index contributed by atoms with van der Waals surface area (Å²) in [6, 6.07) is 7.81. The van der Waals surface area contributed by atoms with Gasteiger partial charge in [-0.3, -0.25) is 9.48 Å². The van der Waals surface area contributed by atoms with Gasteiger partial charge < -0.3 is 5.73 Å². The van der Waals surface area contributed by atoms with Gasteiger partial charge >= 0.3 is 6.18 Å². The zero-order valence-electron chi connectivity index (χ0n) is 11.8. The van der Waals surface area contributed by atoms with Gasteiger partial charge in [0.05, 0.1) is 11.1 Å². The van der Waals surface area contributed by atoms with Crippen LogP contribution in [0.3, 0.4) is 0 Å². The number of hydrogen-bond donors (Lipinski definition) is 1. The van der Waals surface area contributed by atoms with Gasteiger partial charge in [0.25, 0.3) is 0 Å². The summed E-state index contributed by atoms with van der Waals surface area (Å²) in [6.45, 7) is 0. The minimum Gasteiger partial charge on any atom is -0.369 e. The summed E-state index contributed by atoms with van der Waals surface area (Å²) in [5.74, 6) is -0.363. The van der Waals surface area contributed by atoms with Crippen molar-refractivity contribution in [3.05, 3.63) is 41.6 Å². The highest BCUT2D eigenvalue weighted by molar-refractivity contribution is 5.90. The molecule has 1 amide bonds. The second kappa shape index (κ2) is 4.59. The average molecular weight is 309 g/mol. The molecule has 1 aromatic heterocycles. The van der Waals surface area contributed by atoms with Gasteiger partial charge in [0.15, 0.2) is 0 Å². The first-order valence-electron chi connectivity index (χ1n) is 6.76. The summed E-state index contributed by atoms with van der Waals surface area (Å²) in [7, 11) is 1.26. The molecule has 1 fully saturated rings. The minimum absolute atomic E-state index is 0.241. The van der Waals surface area contributed by atoms with Crippen LogP contribution in [0.1, 0.15) is 24.1 Å². The molecule has 116 valence electrons. The third-order valence-corrected chi connectivity index (χ3v) is 4.13. The summed E-state index contributed by atoms with van der Waals surface area (Å²) in [6.07, 6.45) is -3.02. The molecule has 0 unspecified atom stereocenters. The maximum absolute atomic E-state index is 12.8. The highest BCUT2D eigenvalue weighted by Crippen LogP contribution is 2.48. The van der Waals surface area contributed by atoms with Crippen LogP contribution in [0, 0.1) is 0 Å². The van der Waals surface area contributed by atoms with Crippen LogP contribution >= 0.6 is 0 Å². The van der Waals surface area contributed by atoms with E-state index in [0.29, 0.717) is 18.4 Å². The first-order valence-corrected chi connectivity index (χ1v) is 6.76. The molecule has 0 spiro atoms. The monoisotopic (exact) mass is 309 g/mol. The van der Waals surface area contributed by atoms with E-state index in [0.717, 1.165) is 16.3 Å². The topological polar surface area (TPSA) is 60.9 Å². The molecule has 2 aromatic rings. The number of aromatic nitrogens is 2. The second-order valence-corrected chi connectivity index (χ2v) is 5.56. The summed E-state index contributed by atoms with van der Waals surface area (Å²) < 4.78 is 39.2. The fraction of sp³-hybridized carbons (Fsp3) is 0.333. The zero-order valence-corrected chi connectivity index (χ0v) is 11.8. The highest BCUT2D eigenvalue weighted by Gasteiger charge is 2.49. The van der Waals surface area contributed by atoms with Crippen LogP contribution in [0.5, 0.6) is 0 Å². The highest BCUT2D eigenvalue weighted by atomic mass is 19.4. The minimum atomic E-state index is -4.44. The number of hydrogen-bond acceptors (Lipinski definition) is 2. The van der Waals surface area contributed by atoms with E-state index in [-0.39, 0.29) is 11.6 Å². The SMILES string of the molecule is Cn1nc(-c2ccc(C3(C(N)=O)CC3)cc2)cc1C(F)(F)F. The fourth-order valence-corrected chi connectivity index (χ4v) is 2.64. The Morgan fingerprint density at radius 1 is 1.27 bits per heavy atom. The van der Waals surface area contributed by atoms with Crippen LogP contribution in [0.15, 0.2) is 30.3 Å². The number of benzene rings is 1. The quantitative estimate of drug-likeness (QED) is 0.947. The lowest BCUT2D eigenvalue weighted by Crippen LogP contribution is -2.28. The van der Waals surface area contributed by atoms with Crippen LogP contribution in [0.25, 0.3) is 11.3 Å². The number of nitrogens with two attached hydrogens (primary N) is 1. The lowest BCUT2D eigenvalue weighted by atomic mass is 9.94. The molecule has 1 saturated carbocycles. The molecule has 1 heterocycles. The van der Waals surface area contributed by atoms with Gasteiger partial charge in [-0.15, -0.1) is 0 Å². The standard InChI is InChI=1S/C15H14F3N3O/c1-21-12(15(16,17)18)8-11(20-21)9-2-4-10(5-3-9)14(6-7-14)13(19)22/h2-5,8H,6-7H2,1H3,(H2,19,22). The summed E-state index contributed by atoms with van der Waals surface area (Å²) in [4.78, 5) is 11.5. The molecule has 0 aliphatic heterocycles. The first kappa shape index (κ1) is 14.6. The molecule has 0 bridgehead atoms. The third-order valence-electron chi connectivity index (χ3n) is 4.13. The molecule has 0 saturated heterocycles. The smallest absolute Gasteiger partial charge is 0.369 e. The number of amides is 1. The molecule has 0 radical (unpaired) electrons. The van der Waals surface area contributed by atoms with E-state index in [9.17, 15) is 18.0 Å². The molecule has 1 aliphatic rings. The number of nitrogens with zero attached hydrogens (tertiary/aromatic N) is 2. The Kier molecular flexibility index (Phi) is 3.05. The lowest BCUT2D eigenvalue weighted by Gasteiger charge is -2.11. The van der Waals surface area contributed by atoms with Crippen molar-refractivity contribution in [3.63, 3.8) is 0 Å². The molecule has 3 rings (SSSR count). The van der Waals surface area contributed by atoms with Crippen LogP contribution in [0.4, 0.5) is 13.2 Å². The van der Waals surface area contributed by atoms with E-state index < -0.39 is 17.3 Å². The van der Waals surface area contributed by atoms with Crippen LogP contribution in [0.2, 0.25) is 0 Å². The fourth-order valence-electron chi connectivity index (χ4n) is 2.64. The predicted molar refractivity (Wildman–Crippen MR) is 73.8 cm³/mol. The van der Waals surface area contributed by atoms with Crippen LogP contribution in [-0.4, -0.2) is 15.7 Å². The predicted octanol–water partition coefficient (Wildman–Crippen LogP) is 2.62. The van der Waals surface area contributed by atoms with Gasteiger partial charge in [0.1, 0.15) is 5.69 Å². The lowest BCUT2D eigenvalue weighted by molar-refractivity contribution is -0.143. The summed E-state index contributed by atoms with van der Waals surface area (Å²) >= 11 is 0. The van der Waals surface area contributed by atoms with Gasteiger partial charge in [-0.05, 0) is 24.5 Å². The summed E-state index contributed by atoms with van der Waals surface area (Å²) in [5, 5.41) is 3.89. The molecule has 2 N–H and O–H groups in total. The van der Waals surface area contributed by atoms with Gasteiger partial charge in [0, 0.05) is 12.6 Å². The zero-order chi connectivity index (χ0) is 16.1. The number of carbonyl (C=O) groups is 1. The summed E-state index contributed by atoms with van der Waals surface area (Å²) in [5.41, 5.74) is 5.61. The van der Waals surface area contributed by atoms with E-state index in [2.05, 4.69) is 5.10 Å². The van der Waals surface area contributed by atoms with Gasteiger partial charge in [-0.25, -0.2) is 0 Å². The van der Waals surface area contributed by atoms with E-state index >= 15 is 0 Å². The molecular formula is C15H14F3N3O. The number of aryl methyl sites for hydroxylation is 1. The molecule has 0 atom stereocenters. The van der Waals surface area contributed by atoms with Crippen molar-refractivity contribution in [2.24, 2.45) is 12.8 Å². The Morgan fingerprint density at radius 3 is 2.27 bits per heavy atom. The number of carbonyl (C=O) groups excluding carboxylic acids is 1. The molecule has 22 heavy (non-hydrogen) atoms. The second-order valence-electron chi connectivity index (χ2n) is 5.56. The number of rotatable bonds is 3. The van der Waals surface area contributed by atoms with E-state index in [1.165, 1.54) is 7.05 Å². The van der Waals surface area contributed by atoms with Gasteiger partial charge in [-0.2, -0.15) is 18.3 Å². The Balaban J connectivity index is 1.93. The Labute approximate surface area is 124 Å². The van der Waals surface area contributed by atoms with Crippen molar-refractivity contribution in [1.82, 2.24) is 9.78 Å². The van der Waals surface area contributed by atoms with E-state index in [4.69, 9.17) is 5.73 Å². The Bertz CT molecular complexity index is 727. The van der Waals surface area contributed by atoms with E-state index in [1.807, 2.05) is 0 Å². The van der Waals surface area contributed by atoms with Crippen molar-refractivity contribution in [3.8, 4) is 11.3 Å². The van der Waals surface area contributed by atoms with Gasteiger partial charge in [0.2, 0.25) is 5.91 Å².